The van der Waals surface area contributed by atoms with Crippen molar-refractivity contribution >= 4 is 155 Å². The minimum absolute atomic E-state index is 0. The van der Waals surface area contributed by atoms with E-state index in [2.05, 4.69) is 537 Å². The fourth-order valence-corrected chi connectivity index (χ4v) is 47.9. The molecule has 714 valence electrons. The predicted molar refractivity (Wildman–Crippen MR) is 627 cm³/mol. The van der Waals surface area contributed by atoms with Crippen LogP contribution in [0.15, 0.2) is 466 Å². The first kappa shape index (κ1) is 111. The van der Waals surface area contributed by atoms with Crippen LogP contribution in [-0.4, -0.2) is 18.4 Å². The van der Waals surface area contributed by atoms with Crippen LogP contribution in [0.25, 0.3) is 20.9 Å². The summed E-state index contributed by atoms with van der Waals surface area (Å²) >= 11 is 5.42. The van der Waals surface area contributed by atoms with E-state index in [9.17, 15) is 0 Å². The van der Waals surface area contributed by atoms with Gasteiger partial charge in [-0.15, -0.1) is 11.3 Å². The molecule has 0 spiro atoms. The van der Waals surface area contributed by atoms with Crippen molar-refractivity contribution in [2.45, 2.75) is 197 Å². The third-order valence-corrected chi connectivity index (χ3v) is 55.2. The first-order chi connectivity index (χ1) is 67.6. The van der Waals surface area contributed by atoms with E-state index in [-0.39, 0.29) is 20.4 Å². The molecule has 0 amide bonds. The molecule has 0 N–H and O–H groups in total. The van der Waals surface area contributed by atoms with Gasteiger partial charge in [-0.3, -0.25) is 0 Å². The molecule has 0 aliphatic heterocycles. The molecule has 17 rings (SSSR count). The van der Waals surface area contributed by atoms with Crippen LogP contribution < -0.4 is 66.5 Å². The smallest absolute Gasteiger partial charge is 0 e. The Morgan fingerprint density at radius 1 is 0.203 bits per heavy atom. The van der Waals surface area contributed by atoms with Gasteiger partial charge in [-0.25, -0.2) is 0 Å². The monoisotopic (exact) mass is 2190 g/mol. The van der Waals surface area contributed by atoms with E-state index in [0.717, 1.165) is 0 Å². The number of halogens is 1. The summed E-state index contributed by atoms with van der Waals surface area (Å²) in [6, 6.07) is 166. The average Bonchev–Trinajstić information content (AvgIpc) is 1.33. The topological polar surface area (TPSA) is 0 Å². The van der Waals surface area contributed by atoms with Gasteiger partial charge in [0.25, 0.3) is 0 Å². The van der Waals surface area contributed by atoms with Gasteiger partial charge in [0, 0.05) is 34.6 Å². The summed E-state index contributed by atoms with van der Waals surface area (Å²) in [5.41, 5.74) is 7.07. The van der Waals surface area contributed by atoms with E-state index in [1.807, 2.05) is 14.2 Å². The van der Waals surface area contributed by atoms with Crippen molar-refractivity contribution in [1.82, 2.24) is 0 Å². The summed E-state index contributed by atoms with van der Waals surface area (Å²) in [6.07, 6.45) is 28.2. The molecule has 9 heteroatoms. The van der Waals surface area contributed by atoms with Crippen molar-refractivity contribution < 1.29 is 20.4 Å². The third-order valence-electron chi connectivity index (χ3n) is 24.4. The van der Waals surface area contributed by atoms with Crippen LogP contribution in [0.3, 0.4) is 0 Å². The summed E-state index contributed by atoms with van der Waals surface area (Å²) in [4.78, 5) is 4.25. The fourth-order valence-electron chi connectivity index (χ4n) is 17.0. The van der Waals surface area contributed by atoms with Crippen LogP contribution >= 0.6 is 70.3 Å². The van der Waals surface area contributed by atoms with Crippen LogP contribution in [0.5, 0.6) is 0 Å². The van der Waals surface area contributed by atoms with Gasteiger partial charge < -0.3 is 0 Å². The molecule has 0 saturated carbocycles. The standard InChI is InChI=1S/C28H36S.4C18H15P.C12H17Br.C5H5S.3C4H9.Pd.Sn/c1-3-5-7-9-11-23-13-17-25(18-14-23)27-21-22-28(29-27)26-19-15-24(16-20-26)12-10-8-6-4-2;4*1-4-10-16(11-5-1)19(17-12-6-2-7-13-17)18-14-8-3-9-15-18;1-2-3-4-5-6-11-7-9-12(13)10-8-11;1-5-3-2-4-6-5;3*1-3-4-2;;/h13-22H,3-12H2,1-2H3;4*1-15H;7-10H,2-6H2,1H3;2-3H,1H3;3*1,3-4H2,2H3;;. The first-order valence-electron chi connectivity index (χ1n) is 50.5. The molecular formula is C129H145BrP4PdS2Sn. The number of benzene rings is 15. The fraction of sp³-hybridized carbons (Fsp3) is 0.240. The Kier molecular flexibility index (Phi) is 53.4. The van der Waals surface area contributed by atoms with Gasteiger partial charge in [-0.05, 0) is 186 Å². The molecule has 2 aromatic heterocycles. The Morgan fingerprint density at radius 2 is 0.399 bits per heavy atom. The van der Waals surface area contributed by atoms with E-state index in [4.69, 9.17) is 0 Å². The Bertz CT molecular complexity index is 4970. The van der Waals surface area contributed by atoms with E-state index in [1.54, 1.807) is 13.3 Å². The quantitative estimate of drug-likeness (QED) is 0.0205. The predicted octanol–water partition coefficient (Wildman–Crippen LogP) is 33.8. The SMILES string of the molecule is CCCCCCc1ccc(-c2ccc(-c3ccc(CCCCCC)cc3)s2)cc1.CCCCCCc1ccc(Br)cc1.CCC[CH2][Sn]([CH2]CCC)([CH2]CCC)[c]1ccc(C)s1.[Pd].c1ccc(P(c2ccccc2)c2ccccc2)cc1.c1ccc(P(c2ccccc2)c2ccccc2)cc1.c1ccc(P(c2ccccc2)c2ccccc2)cc1.c1ccc(P(c2ccccc2)c2ccccc2)cc1. The number of thiophene rings is 2. The maximum absolute atomic E-state index is 3.44. The maximum Gasteiger partial charge on any atom is 0 e. The Hall–Kier alpha value is -8.64. The molecule has 0 bridgehead atoms. The molecule has 15 aromatic carbocycles. The molecule has 0 fully saturated rings. The normalized spacial score (nSPS) is 10.8. The molecule has 0 atom stereocenters. The molecule has 138 heavy (non-hydrogen) atoms. The van der Waals surface area contributed by atoms with E-state index in [0.29, 0.717) is 0 Å². The minimum atomic E-state index is -2.06. The van der Waals surface area contributed by atoms with E-state index in [1.165, 1.54) is 245 Å². The second-order valence-electron chi connectivity index (χ2n) is 35.0. The van der Waals surface area contributed by atoms with Gasteiger partial charge in [-0.1, -0.05) is 519 Å². The zero-order valence-electron chi connectivity index (χ0n) is 82.6. The van der Waals surface area contributed by atoms with Gasteiger partial charge in [0.1, 0.15) is 0 Å². The summed E-state index contributed by atoms with van der Waals surface area (Å²) < 4.78 is 7.86. The molecule has 0 unspecified atom stereocenters. The summed E-state index contributed by atoms with van der Waals surface area (Å²) in [7, 11) is -1.78. The molecule has 2 heterocycles. The van der Waals surface area contributed by atoms with E-state index >= 15 is 0 Å². The van der Waals surface area contributed by atoms with Gasteiger partial charge in [0.05, 0.1) is 0 Å². The number of rotatable bonds is 39. The largest absolute Gasteiger partial charge is 0.0622 e. The Balaban J connectivity index is 0.000000168. The van der Waals surface area contributed by atoms with Crippen molar-refractivity contribution in [3.8, 4) is 20.9 Å². The number of aryl methyl sites for hydroxylation is 4. The summed E-state index contributed by atoms with van der Waals surface area (Å²) in [5.74, 6) is 0. The second-order valence-corrected chi connectivity index (χ2v) is 61.3. The third kappa shape index (κ3) is 38.3. The first-order valence-corrected chi connectivity index (χ1v) is 65.8. The van der Waals surface area contributed by atoms with Crippen molar-refractivity contribution in [1.29, 1.82) is 0 Å². The number of unbranched alkanes of at least 4 members (excludes halogenated alkanes) is 12. The van der Waals surface area contributed by atoms with Crippen LogP contribution in [0.2, 0.25) is 13.3 Å². The minimum Gasteiger partial charge on any atom is -0.0622 e. The Morgan fingerprint density at radius 3 is 0.580 bits per heavy atom. The molecule has 0 aliphatic rings. The van der Waals surface area contributed by atoms with Crippen molar-refractivity contribution in [2.24, 2.45) is 0 Å². The van der Waals surface area contributed by atoms with Crippen LogP contribution in [0.1, 0.15) is 179 Å². The molecular weight excluding hydrogens is 2040 g/mol. The van der Waals surface area contributed by atoms with Crippen LogP contribution in [-0.2, 0) is 39.7 Å². The second kappa shape index (κ2) is 66.2. The maximum atomic E-state index is 3.44. The van der Waals surface area contributed by atoms with E-state index < -0.39 is 50.1 Å². The zero-order valence-corrected chi connectivity index (χ0v) is 93.9. The number of hydrogen-bond acceptors (Lipinski definition) is 2. The van der Waals surface area contributed by atoms with Crippen molar-refractivity contribution in [3.05, 3.63) is 487 Å². The molecule has 0 saturated heterocycles. The van der Waals surface area contributed by atoms with Gasteiger partial charge in [0.15, 0.2) is 0 Å². The summed E-state index contributed by atoms with van der Waals surface area (Å²) in [6.45, 7) is 16.1. The van der Waals surface area contributed by atoms with Gasteiger partial charge in [0.2, 0.25) is 0 Å². The number of hydrogen-bond donors (Lipinski definition) is 0. The van der Waals surface area contributed by atoms with Crippen LogP contribution in [0.4, 0.5) is 0 Å². The average molecular weight is 2190 g/mol. The zero-order chi connectivity index (χ0) is 95.6. The molecule has 0 aliphatic carbocycles. The summed E-state index contributed by atoms with van der Waals surface area (Å²) in [5, 5.41) is 16.8. The van der Waals surface area contributed by atoms with Gasteiger partial charge in [-0.2, -0.15) is 0 Å². The van der Waals surface area contributed by atoms with Crippen molar-refractivity contribution in [2.75, 3.05) is 0 Å². The van der Waals surface area contributed by atoms with Crippen molar-refractivity contribution in [3.63, 3.8) is 0 Å². The van der Waals surface area contributed by atoms with Gasteiger partial charge >= 0.3 is 129 Å². The molecule has 0 radical (unpaired) electrons. The Labute approximate surface area is 871 Å². The molecule has 17 aromatic rings. The van der Waals surface area contributed by atoms with Crippen LogP contribution in [0, 0.1) is 6.92 Å². The molecule has 0 nitrogen and oxygen atoms in total.